The van der Waals surface area contributed by atoms with Crippen LogP contribution in [0.5, 0.6) is 11.5 Å². The molecule has 6 nitrogen and oxygen atoms in total. The summed E-state index contributed by atoms with van der Waals surface area (Å²) in [4.78, 5) is 17.4. The van der Waals surface area contributed by atoms with Crippen LogP contribution in [0.15, 0.2) is 42.5 Å². The van der Waals surface area contributed by atoms with E-state index in [9.17, 15) is 4.79 Å². The molecule has 0 radical (unpaired) electrons. The normalized spacial score (nSPS) is 16.1. The van der Waals surface area contributed by atoms with Crippen LogP contribution >= 0.6 is 11.6 Å². The highest BCUT2D eigenvalue weighted by Gasteiger charge is 2.26. The number of anilines is 1. The molecule has 2 aromatic rings. The number of hydrogen-bond donors (Lipinski definition) is 1. The summed E-state index contributed by atoms with van der Waals surface area (Å²) in [6.45, 7) is 8.91. The van der Waals surface area contributed by atoms with Crippen LogP contribution in [0.4, 0.5) is 5.69 Å². The van der Waals surface area contributed by atoms with E-state index in [1.54, 1.807) is 13.2 Å². The molecule has 30 heavy (non-hydrogen) atoms. The van der Waals surface area contributed by atoms with Crippen molar-refractivity contribution in [1.82, 2.24) is 9.80 Å². The molecule has 7 heteroatoms. The molecule has 0 saturated carbocycles. The van der Waals surface area contributed by atoms with Gasteiger partial charge in [0.05, 0.1) is 18.8 Å². The third-order valence-corrected chi connectivity index (χ3v) is 5.90. The summed E-state index contributed by atoms with van der Waals surface area (Å²) in [7, 11) is 1.57. The maximum Gasteiger partial charge on any atom is 0.241 e. The van der Waals surface area contributed by atoms with Gasteiger partial charge in [0.2, 0.25) is 5.91 Å². The van der Waals surface area contributed by atoms with E-state index in [0.29, 0.717) is 23.1 Å². The summed E-state index contributed by atoms with van der Waals surface area (Å²) < 4.78 is 11.1. The second-order valence-corrected chi connectivity index (χ2v) is 7.91. The second kappa shape index (κ2) is 10.7. The molecular weight excluding hydrogens is 402 g/mol. The van der Waals surface area contributed by atoms with Crippen LogP contribution in [0, 0.1) is 6.92 Å². The Bertz CT molecular complexity index is 839. The zero-order valence-electron chi connectivity index (χ0n) is 17.9. The van der Waals surface area contributed by atoms with E-state index < -0.39 is 0 Å². The minimum atomic E-state index is -0.228. The largest absolute Gasteiger partial charge is 0.495 e. The molecule has 1 atom stereocenters. The maximum absolute atomic E-state index is 12.8. The minimum Gasteiger partial charge on any atom is -0.495 e. The molecule has 0 bridgehead atoms. The minimum absolute atomic E-state index is 0.0455. The van der Waals surface area contributed by atoms with Gasteiger partial charge in [0.25, 0.3) is 0 Å². The van der Waals surface area contributed by atoms with Crippen LogP contribution < -0.4 is 14.8 Å². The van der Waals surface area contributed by atoms with Crippen molar-refractivity contribution in [1.29, 1.82) is 0 Å². The number of nitrogens with zero attached hydrogens (tertiary/aromatic N) is 2. The molecule has 1 fully saturated rings. The molecule has 2 aromatic carbocycles. The number of piperazine rings is 1. The van der Waals surface area contributed by atoms with Gasteiger partial charge in [0.15, 0.2) is 0 Å². The van der Waals surface area contributed by atoms with Crippen molar-refractivity contribution in [2.45, 2.75) is 19.9 Å². The predicted molar refractivity (Wildman–Crippen MR) is 121 cm³/mol. The molecule has 1 aliphatic heterocycles. The van der Waals surface area contributed by atoms with Gasteiger partial charge in [-0.2, -0.15) is 0 Å². The Balaban J connectivity index is 1.46. The molecule has 162 valence electrons. The summed E-state index contributed by atoms with van der Waals surface area (Å²) in [6.07, 6.45) is 0. The summed E-state index contributed by atoms with van der Waals surface area (Å²) >= 11 is 6.16. The SMILES string of the molecule is COc1cc(Cl)c(C)cc1NC(=O)[C@H](C)N1CCN(CCOc2ccccc2)CC1. The first-order chi connectivity index (χ1) is 14.5. The molecule has 1 saturated heterocycles. The Labute approximate surface area is 183 Å². The van der Waals surface area contributed by atoms with Crippen LogP contribution in [0.2, 0.25) is 5.02 Å². The van der Waals surface area contributed by atoms with E-state index in [2.05, 4.69) is 15.1 Å². The average molecular weight is 432 g/mol. The number of hydrogen-bond acceptors (Lipinski definition) is 5. The van der Waals surface area contributed by atoms with Gasteiger partial charge in [-0.3, -0.25) is 14.6 Å². The molecular formula is C23H30ClN3O3. The highest BCUT2D eigenvalue weighted by Crippen LogP contribution is 2.31. The average Bonchev–Trinajstić information content (AvgIpc) is 2.76. The fraction of sp³-hybridized carbons (Fsp3) is 0.435. The van der Waals surface area contributed by atoms with Crippen molar-refractivity contribution >= 4 is 23.2 Å². The third kappa shape index (κ3) is 5.88. The second-order valence-electron chi connectivity index (χ2n) is 7.51. The molecule has 0 aromatic heterocycles. The van der Waals surface area contributed by atoms with Crippen molar-refractivity contribution < 1.29 is 14.3 Å². The number of ether oxygens (including phenoxy) is 2. The summed E-state index contributed by atoms with van der Waals surface area (Å²) in [5.74, 6) is 1.42. The first-order valence-corrected chi connectivity index (χ1v) is 10.6. The van der Waals surface area contributed by atoms with Crippen molar-refractivity contribution in [3.8, 4) is 11.5 Å². The van der Waals surface area contributed by atoms with Gasteiger partial charge in [0.1, 0.15) is 18.1 Å². The van der Waals surface area contributed by atoms with Crippen molar-refractivity contribution in [2.75, 3.05) is 51.8 Å². The number of para-hydroxylation sites is 1. The van der Waals surface area contributed by atoms with Crippen molar-refractivity contribution in [3.63, 3.8) is 0 Å². The fourth-order valence-electron chi connectivity index (χ4n) is 3.52. The van der Waals surface area contributed by atoms with Crippen LogP contribution in [0.25, 0.3) is 0 Å². The van der Waals surface area contributed by atoms with Crippen LogP contribution in [-0.4, -0.2) is 68.2 Å². The van der Waals surface area contributed by atoms with Crippen molar-refractivity contribution in [2.24, 2.45) is 0 Å². The number of amides is 1. The predicted octanol–water partition coefficient (Wildman–Crippen LogP) is 3.68. The number of nitrogens with one attached hydrogen (secondary N) is 1. The van der Waals surface area contributed by atoms with Gasteiger partial charge in [-0.05, 0) is 37.6 Å². The van der Waals surface area contributed by atoms with Crippen LogP contribution in [0.3, 0.4) is 0 Å². The van der Waals surface area contributed by atoms with Gasteiger partial charge >= 0.3 is 0 Å². The summed E-state index contributed by atoms with van der Waals surface area (Å²) in [6, 6.07) is 13.2. The zero-order valence-corrected chi connectivity index (χ0v) is 18.6. The topological polar surface area (TPSA) is 54.0 Å². The fourth-order valence-corrected chi connectivity index (χ4v) is 3.67. The van der Waals surface area contributed by atoms with Gasteiger partial charge < -0.3 is 14.8 Å². The number of halogens is 1. The molecule has 3 rings (SSSR count). The summed E-state index contributed by atoms with van der Waals surface area (Å²) in [5, 5.41) is 3.61. The lowest BCUT2D eigenvalue weighted by molar-refractivity contribution is -0.121. The molecule has 1 aliphatic rings. The molecule has 0 aliphatic carbocycles. The number of benzene rings is 2. The van der Waals surface area contributed by atoms with E-state index in [4.69, 9.17) is 21.1 Å². The number of carbonyl (C=O) groups excluding carboxylic acids is 1. The van der Waals surface area contributed by atoms with E-state index in [0.717, 1.165) is 44.0 Å². The van der Waals surface area contributed by atoms with E-state index in [1.807, 2.05) is 50.2 Å². The Morgan fingerprint density at radius 2 is 1.87 bits per heavy atom. The zero-order chi connectivity index (χ0) is 21.5. The van der Waals surface area contributed by atoms with Gasteiger partial charge in [-0.1, -0.05) is 29.8 Å². The summed E-state index contributed by atoms with van der Waals surface area (Å²) in [5.41, 5.74) is 1.54. The molecule has 0 spiro atoms. The monoisotopic (exact) mass is 431 g/mol. The smallest absolute Gasteiger partial charge is 0.241 e. The van der Waals surface area contributed by atoms with Crippen LogP contribution in [-0.2, 0) is 4.79 Å². The maximum atomic E-state index is 12.8. The lowest BCUT2D eigenvalue weighted by Crippen LogP contribution is -2.53. The lowest BCUT2D eigenvalue weighted by atomic mass is 10.1. The molecule has 1 N–H and O–H groups in total. The van der Waals surface area contributed by atoms with E-state index in [1.165, 1.54) is 0 Å². The number of aryl methyl sites for hydroxylation is 1. The standard InChI is InChI=1S/C23H30ClN3O3/c1-17-15-21(22(29-3)16-20(17)24)25-23(28)18(2)27-11-9-26(10-12-27)13-14-30-19-7-5-4-6-8-19/h4-8,15-16,18H,9-14H2,1-3H3,(H,25,28)/t18-/m0/s1. The Hall–Kier alpha value is -2.28. The Morgan fingerprint density at radius 1 is 1.17 bits per heavy atom. The quantitative estimate of drug-likeness (QED) is 0.691. The number of carbonyl (C=O) groups is 1. The van der Waals surface area contributed by atoms with Crippen molar-refractivity contribution in [3.05, 3.63) is 53.1 Å². The first kappa shape index (κ1) is 22.4. The Kier molecular flexibility index (Phi) is 7.96. The van der Waals surface area contributed by atoms with Gasteiger partial charge in [-0.25, -0.2) is 0 Å². The van der Waals surface area contributed by atoms with Gasteiger partial charge in [0, 0.05) is 43.8 Å². The molecule has 1 amide bonds. The van der Waals surface area contributed by atoms with Crippen LogP contribution in [0.1, 0.15) is 12.5 Å². The first-order valence-electron chi connectivity index (χ1n) is 10.3. The van der Waals surface area contributed by atoms with E-state index >= 15 is 0 Å². The van der Waals surface area contributed by atoms with Gasteiger partial charge in [-0.15, -0.1) is 0 Å². The highest BCUT2D eigenvalue weighted by atomic mass is 35.5. The molecule has 1 heterocycles. The number of methoxy groups -OCH3 is 1. The molecule has 0 unspecified atom stereocenters. The Morgan fingerprint density at radius 3 is 2.53 bits per heavy atom. The lowest BCUT2D eigenvalue weighted by Gasteiger charge is -2.37. The third-order valence-electron chi connectivity index (χ3n) is 5.49. The van der Waals surface area contributed by atoms with E-state index in [-0.39, 0.29) is 11.9 Å². The number of rotatable bonds is 8. The highest BCUT2D eigenvalue weighted by molar-refractivity contribution is 6.31.